The number of Topliss-reactive ketones (excluding diaryl/α,β-unsaturated/α-hetero) is 1. The normalized spacial score (nSPS) is 20.2. The molecule has 6 nitrogen and oxygen atoms in total. The summed E-state index contributed by atoms with van der Waals surface area (Å²) >= 11 is 8.73. The molecule has 2 aromatic rings. The molecule has 11 heteroatoms. The Morgan fingerprint density at radius 2 is 1.89 bits per heavy atom. The minimum absolute atomic E-state index is 0.0570. The van der Waals surface area contributed by atoms with Crippen molar-refractivity contribution in [3.05, 3.63) is 80.5 Å². The van der Waals surface area contributed by atoms with Crippen molar-refractivity contribution in [3.8, 4) is 17.3 Å². The lowest BCUT2D eigenvalue weighted by Gasteiger charge is -2.15. The Morgan fingerprint density at radius 3 is 2.40 bits per heavy atom. The molecule has 1 aromatic carbocycles. The van der Waals surface area contributed by atoms with E-state index in [1.165, 1.54) is 5.57 Å². The van der Waals surface area contributed by atoms with E-state index in [0.717, 1.165) is 15.7 Å². The minimum Gasteiger partial charge on any atom is -0.457 e. The van der Waals surface area contributed by atoms with Gasteiger partial charge >= 0.3 is 12.1 Å². The van der Waals surface area contributed by atoms with Gasteiger partial charge in [-0.2, -0.15) is 18.4 Å². The number of hydrogen-bond donors (Lipinski definition) is 0. The molecule has 0 aliphatic heterocycles. The van der Waals surface area contributed by atoms with Crippen molar-refractivity contribution in [1.29, 1.82) is 5.26 Å². The summed E-state index contributed by atoms with van der Waals surface area (Å²) in [6.45, 7) is 15.4. The second-order valence-corrected chi connectivity index (χ2v) is 13.1. The van der Waals surface area contributed by atoms with Crippen LogP contribution in [0.15, 0.2) is 64.2 Å². The Labute approximate surface area is 275 Å². The highest BCUT2D eigenvalue weighted by atomic mass is 79.9. The first-order valence-electron chi connectivity index (χ1n) is 14.4. The van der Waals surface area contributed by atoms with Crippen LogP contribution < -0.4 is 0 Å². The van der Waals surface area contributed by atoms with Gasteiger partial charge in [-0.3, -0.25) is 9.59 Å². The highest BCUT2D eigenvalue weighted by molar-refractivity contribution is 9.10. The first-order valence-corrected chi connectivity index (χ1v) is 15.6. The first kappa shape index (κ1) is 36.3. The number of benzene rings is 1. The van der Waals surface area contributed by atoms with Crippen LogP contribution in [0.5, 0.6) is 0 Å². The van der Waals surface area contributed by atoms with Gasteiger partial charge in [0.15, 0.2) is 5.78 Å². The average molecular weight is 710 g/mol. The Morgan fingerprint density at radius 1 is 1.27 bits per heavy atom. The fourth-order valence-electron chi connectivity index (χ4n) is 5.61. The highest BCUT2D eigenvalue weighted by Crippen LogP contribution is 2.60. The number of nitrogens with zero attached hydrogens (tertiary/aromatic N) is 2. The summed E-state index contributed by atoms with van der Waals surface area (Å²) in [7, 11) is 0. The third-order valence-electron chi connectivity index (χ3n) is 8.08. The SMILES string of the molecule is C=CCC1=C(C)C(OC(=O)C2C(C=C(C)C)C2(C)C)CC1=O.CCOCn1c(-c2ccc(Cl)cc2)c(C#N)c(Br)c1C(F)(F)F. The molecule has 1 aromatic heterocycles. The Hall–Kier alpha value is -3.13. The van der Waals surface area contributed by atoms with Gasteiger partial charge in [-0.05, 0) is 84.6 Å². The monoisotopic (exact) mass is 708 g/mol. The highest BCUT2D eigenvalue weighted by Gasteiger charge is 2.61. The molecule has 45 heavy (non-hydrogen) atoms. The maximum Gasteiger partial charge on any atom is 0.432 e. The summed E-state index contributed by atoms with van der Waals surface area (Å²) in [5, 5.41) is 9.77. The van der Waals surface area contributed by atoms with E-state index in [-0.39, 0.29) is 64.5 Å². The summed E-state index contributed by atoms with van der Waals surface area (Å²) in [4.78, 5) is 24.5. The Bertz CT molecular complexity index is 1560. The van der Waals surface area contributed by atoms with Crippen LogP contribution in [0.25, 0.3) is 11.3 Å². The molecule has 2 aliphatic rings. The van der Waals surface area contributed by atoms with Crippen molar-refractivity contribution in [3.63, 3.8) is 0 Å². The fraction of sp³-hybridized carbons (Fsp3) is 0.441. The number of esters is 1. The second kappa shape index (κ2) is 14.5. The Balaban J connectivity index is 0.000000246. The number of halogens is 5. The zero-order valence-corrected chi connectivity index (χ0v) is 28.5. The van der Waals surface area contributed by atoms with Gasteiger partial charge in [0.2, 0.25) is 0 Å². The maximum absolute atomic E-state index is 13.4. The summed E-state index contributed by atoms with van der Waals surface area (Å²) < 4.78 is 51.7. The van der Waals surface area contributed by atoms with Crippen LogP contribution in [0.3, 0.4) is 0 Å². The summed E-state index contributed by atoms with van der Waals surface area (Å²) in [5.41, 5.74) is 2.33. The van der Waals surface area contributed by atoms with E-state index in [9.17, 15) is 28.0 Å². The summed E-state index contributed by atoms with van der Waals surface area (Å²) in [6, 6.07) is 8.06. The zero-order chi connectivity index (χ0) is 33.9. The number of ketones is 1. The van der Waals surface area contributed by atoms with Crippen molar-refractivity contribution in [1.82, 2.24) is 4.57 Å². The molecular weight excluding hydrogens is 673 g/mol. The van der Waals surface area contributed by atoms with Gasteiger partial charge < -0.3 is 14.0 Å². The molecule has 1 saturated carbocycles. The van der Waals surface area contributed by atoms with Crippen molar-refractivity contribution in [2.24, 2.45) is 17.3 Å². The molecule has 0 N–H and O–H groups in total. The topological polar surface area (TPSA) is 81.3 Å². The van der Waals surface area contributed by atoms with E-state index >= 15 is 0 Å². The maximum atomic E-state index is 13.4. The second-order valence-electron chi connectivity index (χ2n) is 11.8. The van der Waals surface area contributed by atoms with E-state index in [1.807, 2.05) is 26.8 Å². The van der Waals surface area contributed by atoms with Crippen LogP contribution in [0.1, 0.15) is 65.6 Å². The number of allylic oxidation sites excluding steroid dienone is 4. The molecule has 4 rings (SSSR count). The van der Waals surface area contributed by atoms with Gasteiger partial charge in [-0.1, -0.05) is 55.3 Å². The lowest BCUT2D eigenvalue weighted by atomic mass is 10.1. The number of rotatable bonds is 9. The molecule has 0 saturated heterocycles. The molecule has 0 amide bonds. The van der Waals surface area contributed by atoms with E-state index in [1.54, 1.807) is 37.3 Å². The molecule has 2 aliphatic carbocycles. The summed E-state index contributed by atoms with van der Waals surface area (Å²) in [5.74, 6) is 0.0309. The van der Waals surface area contributed by atoms with E-state index in [4.69, 9.17) is 21.1 Å². The predicted octanol–water partition coefficient (Wildman–Crippen LogP) is 9.46. The van der Waals surface area contributed by atoms with Gasteiger partial charge in [0.1, 0.15) is 24.6 Å². The number of hydrogen-bond acceptors (Lipinski definition) is 5. The van der Waals surface area contributed by atoms with Crippen LogP contribution in [-0.2, 0) is 32.0 Å². The fourth-order valence-corrected chi connectivity index (χ4v) is 6.45. The van der Waals surface area contributed by atoms with Gasteiger partial charge in [-0.25, -0.2) is 0 Å². The lowest BCUT2D eigenvalue weighted by Crippen LogP contribution is -2.20. The molecular formula is C34H37BrClF3N2O4. The van der Waals surface area contributed by atoms with Crippen molar-refractivity contribution < 1.29 is 32.2 Å². The van der Waals surface area contributed by atoms with Crippen LogP contribution in [-0.4, -0.2) is 29.0 Å². The number of carbonyl (C=O) groups excluding carboxylic acids is 2. The number of alkyl halides is 3. The molecule has 0 spiro atoms. The van der Waals surface area contributed by atoms with E-state index in [2.05, 4.69) is 42.4 Å². The minimum atomic E-state index is -4.63. The molecule has 0 bridgehead atoms. The molecule has 0 radical (unpaired) electrons. The van der Waals surface area contributed by atoms with Crippen LogP contribution in [0.2, 0.25) is 5.02 Å². The number of ether oxygens (including phenoxy) is 2. The summed E-state index contributed by atoms with van der Waals surface area (Å²) in [6.07, 6.45) is -0.326. The van der Waals surface area contributed by atoms with Crippen molar-refractivity contribution >= 4 is 39.3 Å². The number of carbonyl (C=O) groups is 2. The van der Waals surface area contributed by atoms with Gasteiger partial charge in [-0.15, -0.1) is 6.58 Å². The molecule has 3 atom stereocenters. The van der Waals surface area contributed by atoms with Crippen molar-refractivity contribution in [2.75, 3.05) is 6.61 Å². The smallest absolute Gasteiger partial charge is 0.432 e. The quantitative estimate of drug-likeness (QED) is 0.191. The van der Waals surface area contributed by atoms with Crippen LogP contribution in [0.4, 0.5) is 13.2 Å². The van der Waals surface area contributed by atoms with Gasteiger partial charge in [0.05, 0.1) is 28.1 Å². The number of aromatic nitrogens is 1. The third kappa shape index (κ3) is 8.00. The van der Waals surface area contributed by atoms with Crippen LogP contribution in [0, 0.1) is 28.6 Å². The molecule has 1 fully saturated rings. The standard InChI is InChI=1S/C19H26O3.C15H11BrClF3N2O/c1-7-8-13-12(4)16(10-15(13)20)22-18(21)17-14(9-11(2)3)19(17,5)6;1-2-23-8-22-13(9-3-5-10(17)6-4-9)11(7-21)12(16)14(22)15(18,19)20/h7,9,14,16-17H,1,8,10H2,2-6H3;3-6H,2,8H2,1H3. The van der Waals surface area contributed by atoms with Gasteiger partial charge in [0, 0.05) is 17.2 Å². The zero-order valence-electron chi connectivity index (χ0n) is 26.1. The van der Waals surface area contributed by atoms with E-state index < -0.39 is 18.0 Å². The van der Waals surface area contributed by atoms with E-state index in [0.29, 0.717) is 17.0 Å². The largest absolute Gasteiger partial charge is 0.457 e. The van der Waals surface area contributed by atoms with Gasteiger partial charge in [0.25, 0.3) is 0 Å². The third-order valence-corrected chi connectivity index (χ3v) is 9.10. The lowest BCUT2D eigenvalue weighted by molar-refractivity contribution is -0.150. The Kier molecular flexibility index (Phi) is 11.7. The van der Waals surface area contributed by atoms with Crippen molar-refractivity contribution in [2.45, 2.75) is 73.4 Å². The predicted molar refractivity (Wildman–Crippen MR) is 171 cm³/mol. The molecule has 3 unspecified atom stereocenters. The molecule has 242 valence electrons. The first-order chi connectivity index (χ1) is 21.0. The average Bonchev–Trinajstić information content (AvgIpc) is 3.20. The molecule has 1 heterocycles. The number of nitriles is 1. The van der Waals surface area contributed by atoms with Crippen LogP contribution >= 0.6 is 27.5 Å².